The number of nitrogens with zero attached hydrogens (tertiary/aromatic N) is 1. The largest absolute Gasteiger partial charge is 0.416 e. The Balaban J connectivity index is 1.91. The molecule has 0 bridgehead atoms. The second-order valence-electron chi connectivity index (χ2n) is 6.52. The number of hydrogen-bond donors (Lipinski definition) is 1. The predicted molar refractivity (Wildman–Crippen MR) is 106 cm³/mol. The lowest BCUT2D eigenvalue weighted by Gasteiger charge is -2.21. The third-order valence-electron chi connectivity index (χ3n) is 4.72. The van der Waals surface area contributed by atoms with Gasteiger partial charge in [0.05, 0.1) is 5.56 Å². The number of fused-ring (bicyclic) bond motifs is 1. The monoisotopic (exact) mass is 422 g/mol. The standard InChI is InChI=1S/C21H18ClF3N2O2/c1-2-27(10-9-13-5-3-4-6-17(13)22)20(29)16-12-26-18-8-7-14(21(23,24)25)11-15(18)19(16)28/h3-8,11-12H,2,9-10H2,1H3,(H,26,28). The molecule has 0 fully saturated rings. The van der Waals surface area contributed by atoms with Crippen molar-refractivity contribution in [3.05, 3.63) is 80.6 Å². The number of rotatable bonds is 5. The van der Waals surface area contributed by atoms with Crippen LogP contribution in [0.4, 0.5) is 13.2 Å². The van der Waals surface area contributed by atoms with E-state index in [2.05, 4.69) is 4.98 Å². The van der Waals surface area contributed by atoms with Crippen molar-refractivity contribution in [2.45, 2.75) is 19.5 Å². The molecule has 29 heavy (non-hydrogen) atoms. The minimum Gasteiger partial charge on any atom is -0.360 e. The highest BCUT2D eigenvalue weighted by Crippen LogP contribution is 2.30. The minimum absolute atomic E-state index is 0.173. The van der Waals surface area contributed by atoms with Gasteiger partial charge in [-0.3, -0.25) is 9.59 Å². The number of hydrogen-bond acceptors (Lipinski definition) is 2. The Kier molecular flexibility index (Phi) is 5.98. The molecule has 0 saturated carbocycles. The number of amides is 1. The molecule has 1 aromatic heterocycles. The molecule has 0 saturated heterocycles. The summed E-state index contributed by atoms with van der Waals surface area (Å²) in [6.07, 6.45) is -2.84. The van der Waals surface area contributed by atoms with E-state index in [9.17, 15) is 22.8 Å². The van der Waals surface area contributed by atoms with Crippen LogP contribution in [0, 0.1) is 0 Å². The Morgan fingerprint density at radius 1 is 1.17 bits per heavy atom. The molecule has 1 N–H and O–H groups in total. The molecule has 0 spiro atoms. The van der Waals surface area contributed by atoms with Crippen LogP contribution in [0.3, 0.4) is 0 Å². The zero-order valence-electron chi connectivity index (χ0n) is 15.5. The van der Waals surface area contributed by atoms with E-state index in [1.54, 1.807) is 19.1 Å². The van der Waals surface area contributed by atoms with Crippen molar-refractivity contribution in [1.29, 1.82) is 0 Å². The minimum atomic E-state index is -4.58. The van der Waals surface area contributed by atoms with Crippen molar-refractivity contribution in [3.8, 4) is 0 Å². The lowest BCUT2D eigenvalue weighted by atomic mass is 10.1. The Labute approximate surface area is 169 Å². The highest BCUT2D eigenvalue weighted by atomic mass is 35.5. The fraction of sp³-hybridized carbons (Fsp3) is 0.238. The van der Waals surface area contributed by atoms with Crippen LogP contribution < -0.4 is 5.43 Å². The van der Waals surface area contributed by atoms with Gasteiger partial charge in [-0.05, 0) is 43.2 Å². The van der Waals surface area contributed by atoms with Gasteiger partial charge in [0.15, 0.2) is 0 Å². The number of aromatic amines is 1. The highest BCUT2D eigenvalue weighted by Gasteiger charge is 2.31. The van der Waals surface area contributed by atoms with Crippen LogP contribution in [0.25, 0.3) is 10.9 Å². The van der Waals surface area contributed by atoms with E-state index in [1.807, 2.05) is 12.1 Å². The van der Waals surface area contributed by atoms with Crippen molar-refractivity contribution >= 4 is 28.4 Å². The summed E-state index contributed by atoms with van der Waals surface area (Å²) in [4.78, 5) is 29.8. The molecule has 4 nitrogen and oxygen atoms in total. The topological polar surface area (TPSA) is 53.2 Å². The van der Waals surface area contributed by atoms with Gasteiger partial charge in [0.2, 0.25) is 5.43 Å². The second kappa shape index (κ2) is 8.29. The second-order valence-corrected chi connectivity index (χ2v) is 6.92. The van der Waals surface area contributed by atoms with Gasteiger partial charge in [0, 0.05) is 35.2 Å². The number of benzene rings is 2. The summed E-state index contributed by atoms with van der Waals surface area (Å²) in [6.45, 7) is 2.42. The van der Waals surface area contributed by atoms with Gasteiger partial charge in [0.25, 0.3) is 5.91 Å². The summed E-state index contributed by atoms with van der Waals surface area (Å²) >= 11 is 6.14. The van der Waals surface area contributed by atoms with Gasteiger partial charge < -0.3 is 9.88 Å². The van der Waals surface area contributed by atoms with Gasteiger partial charge in [0.1, 0.15) is 5.56 Å². The fourth-order valence-electron chi connectivity index (χ4n) is 3.08. The van der Waals surface area contributed by atoms with Gasteiger partial charge in [-0.1, -0.05) is 29.8 Å². The van der Waals surface area contributed by atoms with Crippen LogP contribution in [0.1, 0.15) is 28.4 Å². The fourth-order valence-corrected chi connectivity index (χ4v) is 3.31. The van der Waals surface area contributed by atoms with Crippen molar-refractivity contribution in [2.24, 2.45) is 0 Å². The number of halogens is 4. The van der Waals surface area contributed by atoms with E-state index in [-0.39, 0.29) is 16.5 Å². The summed E-state index contributed by atoms with van der Waals surface area (Å²) in [6, 6.07) is 10.1. The van der Waals surface area contributed by atoms with Crippen LogP contribution in [0.5, 0.6) is 0 Å². The van der Waals surface area contributed by atoms with Gasteiger partial charge in [-0.2, -0.15) is 13.2 Å². The summed E-state index contributed by atoms with van der Waals surface area (Å²) in [5.74, 6) is -0.542. The molecule has 152 valence electrons. The molecule has 0 aliphatic rings. The maximum atomic E-state index is 13.0. The normalized spacial score (nSPS) is 11.6. The van der Waals surface area contributed by atoms with Crippen LogP contribution in [-0.4, -0.2) is 28.9 Å². The Hall–Kier alpha value is -2.80. The molecule has 3 rings (SSSR count). The maximum Gasteiger partial charge on any atom is 0.416 e. The van der Waals surface area contributed by atoms with Crippen molar-refractivity contribution in [3.63, 3.8) is 0 Å². The first-order chi connectivity index (χ1) is 13.7. The molecule has 0 atom stereocenters. The maximum absolute atomic E-state index is 13.0. The first-order valence-electron chi connectivity index (χ1n) is 8.97. The van der Waals surface area contributed by atoms with E-state index in [0.717, 1.165) is 17.7 Å². The Bertz CT molecular complexity index is 1110. The van der Waals surface area contributed by atoms with Crippen LogP contribution in [0.15, 0.2) is 53.5 Å². The number of alkyl halides is 3. The quantitative estimate of drug-likeness (QED) is 0.635. The molecule has 0 unspecified atom stereocenters. The lowest BCUT2D eigenvalue weighted by Crippen LogP contribution is -2.35. The molecule has 0 aliphatic carbocycles. The molecule has 1 amide bonds. The van der Waals surface area contributed by atoms with Crippen LogP contribution in [-0.2, 0) is 12.6 Å². The Morgan fingerprint density at radius 3 is 2.55 bits per heavy atom. The van der Waals surface area contributed by atoms with E-state index in [4.69, 9.17) is 11.6 Å². The van der Waals surface area contributed by atoms with E-state index >= 15 is 0 Å². The third-order valence-corrected chi connectivity index (χ3v) is 5.09. The van der Waals surface area contributed by atoms with Gasteiger partial charge >= 0.3 is 6.18 Å². The van der Waals surface area contributed by atoms with Crippen molar-refractivity contribution in [2.75, 3.05) is 13.1 Å². The van der Waals surface area contributed by atoms with Crippen molar-refractivity contribution < 1.29 is 18.0 Å². The first kappa shape index (κ1) is 20.9. The van der Waals surface area contributed by atoms with Gasteiger partial charge in [-0.15, -0.1) is 0 Å². The molecule has 8 heteroatoms. The molecule has 0 radical (unpaired) electrons. The Morgan fingerprint density at radius 2 is 1.90 bits per heavy atom. The average Bonchev–Trinajstić information content (AvgIpc) is 2.69. The number of nitrogens with one attached hydrogen (secondary N) is 1. The zero-order chi connectivity index (χ0) is 21.2. The first-order valence-corrected chi connectivity index (χ1v) is 9.35. The summed E-state index contributed by atoms with van der Waals surface area (Å²) in [5, 5.41) is 0.409. The average molecular weight is 423 g/mol. The SMILES string of the molecule is CCN(CCc1ccccc1Cl)C(=O)c1c[nH]c2ccc(C(F)(F)F)cc2c1=O. The van der Waals surface area contributed by atoms with Crippen LogP contribution in [0.2, 0.25) is 5.02 Å². The summed E-state index contributed by atoms with van der Waals surface area (Å²) in [7, 11) is 0. The smallest absolute Gasteiger partial charge is 0.360 e. The lowest BCUT2D eigenvalue weighted by molar-refractivity contribution is -0.137. The molecular weight excluding hydrogens is 405 g/mol. The molecule has 3 aromatic rings. The number of H-pyrrole nitrogens is 1. The number of likely N-dealkylation sites (N-methyl/N-ethyl adjacent to an activating group) is 1. The summed E-state index contributed by atoms with van der Waals surface area (Å²) in [5.41, 5.74) is -0.767. The number of carbonyl (C=O) groups excluding carboxylic acids is 1. The number of aromatic nitrogens is 1. The molecule has 0 aliphatic heterocycles. The zero-order valence-corrected chi connectivity index (χ0v) is 16.3. The van der Waals surface area contributed by atoms with Crippen molar-refractivity contribution in [1.82, 2.24) is 9.88 Å². The van der Waals surface area contributed by atoms with E-state index < -0.39 is 23.1 Å². The van der Waals surface area contributed by atoms with E-state index in [0.29, 0.717) is 24.5 Å². The predicted octanol–water partition coefficient (Wildman–Crippen LogP) is 4.91. The highest BCUT2D eigenvalue weighted by molar-refractivity contribution is 6.31. The van der Waals surface area contributed by atoms with E-state index in [1.165, 1.54) is 17.2 Å². The number of carbonyl (C=O) groups is 1. The molecule has 2 aromatic carbocycles. The van der Waals surface area contributed by atoms with Gasteiger partial charge in [-0.25, -0.2) is 0 Å². The summed E-state index contributed by atoms with van der Waals surface area (Å²) < 4.78 is 39.0. The molecular formula is C21H18ClF3N2O2. The third kappa shape index (κ3) is 4.45. The van der Waals surface area contributed by atoms with Crippen LogP contribution >= 0.6 is 11.6 Å². The number of pyridine rings is 1. The molecule has 1 heterocycles.